The minimum atomic E-state index is -0.244. The van der Waals surface area contributed by atoms with Crippen molar-refractivity contribution >= 4 is 16.8 Å². The van der Waals surface area contributed by atoms with Gasteiger partial charge in [0.05, 0.1) is 6.04 Å². The van der Waals surface area contributed by atoms with Crippen LogP contribution in [0.4, 0.5) is 4.39 Å². The van der Waals surface area contributed by atoms with Gasteiger partial charge in [0.1, 0.15) is 5.82 Å². The van der Waals surface area contributed by atoms with E-state index in [1.165, 1.54) is 12.1 Å². The van der Waals surface area contributed by atoms with Gasteiger partial charge < -0.3 is 15.6 Å². The van der Waals surface area contributed by atoms with Gasteiger partial charge in [-0.2, -0.15) is 0 Å². The van der Waals surface area contributed by atoms with Crippen LogP contribution < -0.4 is 10.6 Å². The van der Waals surface area contributed by atoms with Gasteiger partial charge >= 0.3 is 0 Å². The molecule has 0 saturated carbocycles. The zero-order valence-corrected chi connectivity index (χ0v) is 11.2. The lowest BCUT2D eigenvalue weighted by atomic mass is 10.1. The van der Waals surface area contributed by atoms with E-state index in [0.29, 0.717) is 6.54 Å². The minimum absolute atomic E-state index is 0.0351. The molecule has 2 aromatic rings. The third kappa shape index (κ3) is 2.67. The maximum Gasteiger partial charge on any atom is 0.237 e. The zero-order chi connectivity index (χ0) is 13.9. The van der Waals surface area contributed by atoms with E-state index in [4.69, 9.17) is 0 Å². The van der Waals surface area contributed by atoms with Crippen molar-refractivity contribution in [1.82, 2.24) is 15.6 Å². The Labute approximate surface area is 116 Å². The van der Waals surface area contributed by atoms with Crippen molar-refractivity contribution in [2.75, 3.05) is 13.1 Å². The molecule has 1 saturated heterocycles. The summed E-state index contributed by atoms with van der Waals surface area (Å²) in [5, 5.41) is 7.14. The average molecular weight is 275 g/mol. The first kappa shape index (κ1) is 13.1. The summed E-state index contributed by atoms with van der Waals surface area (Å²) >= 11 is 0. The number of carbonyl (C=O) groups excluding carboxylic acids is 1. The topological polar surface area (TPSA) is 56.9 Å². The standard InChI is InChI=1S/C15H18FN3O/c16-11-3-4-12-10(9-19-14(12)8-11)5-7-18-15(20)13-2-1-6-17-13/h3-4,8-9,13,17,19H,1-2,5-7H2,(H,18,20). The Balaban J connectivity index is 1.58. The first-order valence-corrected chi connectivity index (χ1v) is 7.00. The van der Waals surface area contributed by atoms with Gasteiger partial charge in [0, 0.05) is 23.6 Å². The largest absolute Gasteiger partial charge is 0.361 e. The van der Waals surface area contributed by atoms with E-state index < -0.39 is 0 Å². The molecule has 1 aliphatic heterocycles. The lowest BCUT2D eigenvalue weighted by Gasteiger charge is -2.10. The summed E-state index contributed by atoms with van der Waals surface area (Å²) in [5.41, 5.74) is 1.89. The molecule has 5 heteroatoms. The number of fused-ring (bicyclic) bond motifs is 1. The van der Waals surface area contributed by atoms with Crippen LogP contribution in [-0.2, 0) is 11.2 Å². The number of hydrogen-bond donors (Lipinski definition) is 3. The predicted octanol–water partition coefficient (Wildman–Crippen LogP) is 1.72. The molecule has 0 spiro atoms. The zero-order valence-electron chi connectivity index (χ0n) is 11.2. The first-order valence-electron chi connectivity index (χ1n) is 7.00. The molecule has 1 amide bonds. The van der Waals surface area contributed by atoms with Gasteiger partial charge in [0.25, 0.3) is 0 Å². The molecule has 1 aromatic heterocycles. The van der Waals surface area contributed by atoms with E-state index in [0.717, 1.165) is 42.3 Å². The molecule has 106 valence electrons. The number of benzene rings is 1. The normalized spacial score (nSPS) is 18.6. The molecular weight excluding hydrogens is 257 g/mol. The molecule has 20 heavy (non-hydrogen) atoms. The predicted molar refractivity (Wildman–Crippen MR) is 76.0 cm³/mol. The number of aromatic amines is 1. The highest BCUT2D eigenvalue weighted by molar-refractivity contribution is 5.84. The van der Waals surface area contributed by atoms with Crippen LogP contribution in [0.25, 0.3) is 10.9 Å². The van der Waals surface area contributed by atoms with Crippen LogP contribution in [0, 0.1) is 5.82 Å². The smallest absolute Gasteiger partial charge is 0.237 e. The van der Waals surface area contributed by atoms with E-state index >= 15 is 0 Å². The average Bonchev–Trinajstić information content (AvgIpc) is 3.08. The van der Waals surface area contributed by atoms with E-state index in [1.54, 1.807) is 6.07 Å². The van der Waals surface area contributed by atoms with Crippen molar-refractivity contribution < 1.29 is 9.18 Å². The maximum absolute atomic E-state index is 13.1. The molecule has 1 unspecified atom stereocenters. The van der Waals surface area contributed by atoms with Gasteiger partial charge in [-0.25, -0.2) is 4.39 Å². The second kappa shape index (κ2) is 5.63. The fourth-order valence-corrected chi connectivity index (χ4v) is 2.72. The lowest BCUT2D eigenvalue weighted by Crippen LogP contribution is -2.41. The maximum atomic E-state index is 13.1. The third-order valence-electron chi connectivity index (χ3n) is 3.80. The number of halogens is 1. The highest BCUT2D eigenvalue weighted by Crippen LogP contribution is 2.19. The fraction of sp³-hybridized carbons (Fsp3) is 0.400. The number of aromatic nitrogens is 1. The third-order valence-corrected chi connectivity index (χ3v) is 3.80. The van der Waals surface area contributed by atoms with Gasteiger partial charge in [0.15, 0.2) is 0 Å². The molecule has 0 bridgehead atoms. The van der Waals surface area contributed by atoms with Crippen LogP contribution in [0.3, 0.4) is 0 Å². The van der Waals surface area contributed by atoms with E-state index in [1.807, 2.05) is 6.20 Å². The van der Waals surface area contributed by atoms with Crippen molar-refractivity contribution in [2.45, 2.75) is 25.3 Å². The molecule has 3 N–H and O–H groups in total. The SMILES string of the molecule is O=C(NCCc1c[nH]c2cc(F)ccc12)C1CCCN1. The van der Waals surface area contributed by atoms with Crippen molar-refractivity contribution in [3.8, 4) is 0 Å². The molecule has 2 heterocycles. The quantitative estimate of drug-likeness (QED) is 0.795. The summed E-state index contributed by atoms with van der Waals surface area (Å²) in [4.78, 5) is 14.9. The summed E-state index contributed by atoms with van der Waals surface area (Å²) < 4.78 is 13.1. The van der Waals surface area contributed by atoms with Gasteiger partial charge in [-0.05, 0) is 49.6 Å². The van der Waals surface area contributed by atoms with Crippen molar-refractivity contribution in [2.24, 2.45) is 0 Å². The number of hydrogen-bond acceptors (Lipinski definition) is 2. The van der Waals surface area contributed by atoms with Crippen molar-refractivity contribution in [3.05, 3.63) is 35.8 Å². The number of rotatable bonds is 4. The summed E-state index contributed by atoms with van der Waals surface area (Å²) in [6, 6.07) is 4.68. The lowest BCUT2D eigenvalue weighted by molar-refractivity contribution is -0.122. The molecule has 1 aliphatic rings. The highest BCUT2D eigenvalue weighted by atomic mass is 19.1. The van der Waals surface area contributed by atoms with E-state index in [9.17, 15) is 9.18 Å². The molecule has 1 atom stereocenters. The molecule has 0 radical (unpaired) electrons. The van der Waals surface area contributed by atoms with Crippen LogP contribution >= 0.6 is 0 Å². The van der Waals surface area contributed by atoms with Crippen LogP contribution in [0.2, 0.25) is 0 Å². The Bertz CT molecular complexity index is 617. The molecule has 3 rings (SSSR count). The Kier molecular flexibility index (Phi) is 3.69. The molecule has 0 aliphatic carbocycles. The van der Waals surface area contributed by atoms with E-state index in [2.05, 4.69) is 15.6 Å². The summed E-state index contributed by atoms with van der Waals surface area (Å²) in [6.07, 6.45) is 4.60. The Morgan fingerprint density at radius 2 is 2.35 bits per heavy atom. The van der Waals surface area contributed by atoms with Crippen molar-refractivity contribution in [1.29, 1.82) is 0 Å². The van der Waals surface area contributed by atoms with Gasteiger partial charge in [-0.3, -0.25) is 4.79 Å². The molecule has 1 fully saturated rings. The highest BCUT2D eigenvalue weighted by Gasteiger charge is 2.21. The molecule has 4 nitrogen and oxygen atoms in total. The molecular formula is C15H18FN3O. The fourth-order valence-electron chi connectivity index (χ4n) is 2.72. The summed E-state index contributed by atoms with van der Waals surface area (Å²) in [6.45, 7) is 1.52. The first-order chi connectivity index (χ1) is 9.74. The number of nitrogens with one attached hydrogen (secondary N) is 3. The number of H-pyrrole nitrogens is 1. The minimum Gasteiger partial charge on any atom is -0.361 e. The van der Waals surface area contributed by atoms with Crippen LogP contribution in [0.15, 0.2) is 24.4 Å². The Hall–Kier alpha value is -1.88. The van der Waals surface area contributed by atoms with Gasteiger partial charge in [-0.1, -0.05) is 0 Å². The van der Waals surface area contributed by atoms with Crippen LogP contribution in [0.1, 0.15) is 18.4 Å². The molecule has 1 aromatic carbocycles. The van der Waals surface area contributed by atoms with Crippen LogP contribution in [-0.4, -0.2) is 30.0 Å². The Morgan fingerprint density at radius 3 is 3.15 bits per heavy atom. The summed E-state index contributed by atoms with van der Waals surface area (Å²) in [5.74, 6) is -0.167. The van der Waals surface area contributed by atoms with E-state index in [-0.39, 0.29) is 17.8 Å². The Morgan fingerprint density at radius 1 is 1.45 bits per heavy atom. The van der Waals surface area contributed by atoms with Crippen LogP contribution in [0.5, 0.6) is 0 Å². The number of amides is 1. The number of carbonyl (C=O) groups is 1. The second-order valence-electron chi connectivity index (χ2n) is 5.19. The van der Waals surface area contributed by atoms with Crippen molar-refractivity contribution in [3.63, 3.8) is 0 Å². The summed E-state index contributed by atoms with van der Waals surface area (Å²) in [7, 11) is 0. The van der Waals surface area contributed by atoms with Gasteiger partial charge in [0.2, 0.25) is 5.91 Å². The van der Waals surface area contributed by atoms with Gasteiger partial charge in [-0.15, -0.1) is 0 Å². The second-order valence-corrected chi connectivity index (χ2v) is 5.19. The monoisotopic (exact) mass is 275 g/mol.